The second-order valence-electron chi connectivity index (χ2n) is 4.47. The van der Waals surface area contributed by atoms with Crippen LogP contribution >= 0.6 is 0 Å². The first kappa shape index (κ1) is 16.1. The Hall–Kier alpha value is -0.920. The smallest absolute Gasteiger partial charge is 0.194 e. The number of oxazole rings is 1. The minimum atomic E-state index is -3.14. The highest BCUT2D eigenvalue weighted by molar-refractivity contribution is 7.90. The van der Waals surface area contributed by atoms with Gasteiger partial charge in [-0.1, -0.05) is 0 Å². The van der Waals surface area contributed by atoms with Gasteiger partial charge < -0.3 is 14.5 Å². The fourth-order valence-electron chi connectivity index (χ4n) is 1.50. The summed E-state index contributed by atoms with van der Waals surface area (Å²) >= 11 is 0. The van der Waals surface area contributed by atoms with E-state index in [9.17, 15) is 8.42 Å². The first-order valence-corrected chi connectivity index (χ1v) is 8.23. The van der Waals surface area contributed by atoms with Crippen molar-refractivity contribution in [1.82, 2.24) is 10.3 Å². The van der Waals surface area contributed by atoms with Crippen LogP contribution in [-0.4, -0.2) is 46.5 Å². The van der Waals surface area contributed by atoms with Gasteiger partial charge >= 0.3 is 0 Å². The third kappa shape index (κ3) is 5.71. The summed E-state index contributed by atoms with van der Waals surface area (Å²) in [6.07, 6.45) is 4.27. The molecule has 19 heavy (non-hydrogen) atoms. The predicted octanol–water partition coefficient (Wildman–Crippen LogP) is 0.949. The van der Waals surface area contributed by atoms with Crippen LogP contribution < -0.4 is 5.32 Å². The molecule has 1 N–H and O–H groups in total. The summed E-state index contributed by atoms with van der Waals surface area (Å²) in [5.74, 6) is 0.990. The molecule has 0 aliphatic rings. The number of rotatable bonds is 9. The second-order valence-corrected chi connectivity index (χ2v) is 6.84. The lowest BCUT2D eigenvalue weighted by molar-refractivity contribution is 0.199. The summed E-state index contributed by atoms with van der Waals surface area (Å²) in [4.78, 5) is 4.10. The van der Waals surface area contributed by atoms with Gasteiger partial charge in [-0.25, -0.2) is 13.4 Å². The second kappa shape index (κ2) is 7.62. The fraction of sp³-hybridized carbons (Fsp3) is 0.750. The van der Waals surface area contributed by atoms with Crippen molar-refractivity contribution in [2.75, 3.05) is 33.1 Å². The van der Waals surface area contributed by atoms with Crippen molar-refractivity contribution < 1.29 is 17.6 Å². The van der Waals surface area contributed by atoms with E-state index in [-0.39, 0.29) is 0 Å². The van der Waals surface area contributed by atoms with E-state index in [1.165, 1.54) is 12.5 Å². The fourth-order valence-corrected chi connectivity index (χ4v) is 2.03. The lowest BCUT2D eigenvalue weighted by Gasteiger charge is -2.04. The molecule has 110 valence electrons. The topological polar surface area (TPSA) is 81.4 Å². The zero-order valence-corrected chi connectivity index (χ0v) is 12.5. The van der Waals surface area contributed by atoms with Crippen molar-refractivity contribution in [2.45, 2.75) is 25.0 Å². The van der Waals surface area contributed by atoms with Crippen LogP contribution in [0.5, 0.6) is 0 Å². The predicted molar refractivity (Wildman–Crippen MR) is 72.8 cm³/mol. The first-order chi connectivity index (χ1) is 8.95. The Balaban J connectivity index is 2.35. The molecule has 7 heteroatoms. The third-order valence-electron chi connectivity index (χ3n) is 2.84. The standard InChI is InChI=1S/C12H22N2O4S/c1-10(19(3,15)16)11-9-14-12(18-11)5-4-6-13-7-8-17-2/h9-10,13H,4-8H2,1-3H3. The van der Waals surface area contributed by atoms with E-state index in [4.69, 9.17) is 9.15 Å². The van der Waals surface area contributed by atoms with Crippen molar-refractivity contribution >= 4 is 9.84 Å². The Labute approximate surface area is 114 Å². The Bertz CT molecular complexity index is 470. The van der Waals surface area contributed by atoms with E-state index >= 15 is 0 Å². The highest BCUT2D eigenvalue weighted by Gasteiger charge is 2.21. The van der Waals surface area contributed by atoms with Gasteiger partial charge in [0.1, 0.15) is 11.0 Å². The number of nitrogens with one attached hydrogen (secondary N) is 1. The van der Waals surface area contributed by atoms with Crippen LogP contribution in [0.2, 0.25) is 0 Å². The molecule has 1 atom stereocenters. The number of hydrogen-bond donors (Lipinski definition) is 1. The Kier molecular flexibility index (Phi) is 6.47. The maximum atomic E-state index is 11.4. The number of ether oxygens (including phenoxy) is 1. The number of nitrogens with zero attached hydrogens (tertiary/aromatic N) is 1. The molecule has 0 spiro atoms. The minimum Gasteiger partial charge on any atom is -0.444 e. The molecular formula is C12H22N2O4S. The van der Waals surface area contributed by atoms with E-state index in [2.05, 4.69) is 10.3 Å². The maximum Gasteiger partial charge on any atom is 0.194 e. The summed E-state index contributed by atoms with van der Waals surface area (Å²) in [5, 5.41) is 2.58. The van der Waals surface area contributed by atoms with Gasteiger partial charge in [0.25, 0.3) is 0 Å². The first-order valence-electron chi connectivity index (χ1n) is 6.28. The van der Waals surface area contributed by atoms with Gasteiger partial charge in [0.2, 0.25) is 0 Å². The van der Waals surface area contributed by atoms with Crippen LogP contribution in [0.25, 0.3) is 0 Å². The highest BCUT2D eigenvalue weighted by atomic mass is 32.2. The van der Waals surface area contributed by atoms with Gasteiger partial charge in [-0.3, -0.25) is 0 Å². The van der Waals surface area contributed by atoms with E-state index in [0.29, 0.717) is 24.7 Å². The number of aromatic nitrogens is 1. The van der Waals surface area contributed by atoms with Crippen LogP contribution in [0.15, 0.2) is 10.6 Å². The Morgan fingerprint density at radius 1 is 1.47 bits per heavy atom. The van der Waals surface area contributed by atoms with Gasteiger partial charge in [-0.15, -0.1) is 0 Å². The molecule has 0 aliphatic carbocycles. The summed E-state index contributed by atoms with van der Waals surface area (Å²) in [7, 11) is -1.47. The SMILES string of the molecule is COCCNCCCc1ncc(C(C)S(C)(=O)=O)o1. The highest BCUT2D eigenvalue weighted by Crippen LogP contribution is 2.21. The lowest BCUT2D eigenvalue weighted by Crippen LogP contribution is -2.20. The third-order valence-corrected chi connectivity index (χ3v) is 4.36. The Morgan fingerprint density at radius 3 is 2.84 bits per heavy atom. The van der Waals surface area contributed by atoms with Crippen LogP contribution in [0.3, 0.4) is 0 Å². The largest absolute Gasteiger partial charge is 0.444 e. The number of aryl methyl sites for hydroxylation is 1. The van der Waals surface area contributed by atoms with Crippen LogP contribution in [0.1, 0.15) is 30.2 Å². The lowest BCUT2D eigenvalue weighted by atomic mass is 10.3. The normalized spacial score (nSPS) is 13.6. The van der Waals surface area contributed by atoms with Crippen LogP contribution in [0.4, 0.5) is 0 Å². The summed E-state index contributed by atoms with van der Waals surface area (Å²) in [5.41, 5.74) is 0. The van der Waals surface area contributed by atoms with Gasteiger partial charge in [0, 0.05) is 26.3 Å². The molecule has 1 heterocycles. The van der Waals surface area contributed by atoms with E-state index in [1.54, 1.807) is 14.0 Å². The summed E-state index contributed by atoms with van der Waals surface area (Å²) in [6.45, 7) is 3.96. The molecule has 0 saturated carbocycles. The quantitative estimate of drug-likeness (QED) is 0.682. The van der Waals surface area contributed by atoms with Crippen molar-refractivity contribution in [2.24, 2.45) is 0 Å². The van der Waals surface area contributed by atoms with Crippen molar-refractivity contribution in [1.29, 1.82) is 0 Å². The van der Waals surface area contributed by atoms with Gasteiger partial charge in [0.05, 0.1) is 12.8 Å². The molecule has 0 aliphatic heterocycles. The molecule has 1 aromatic rings. The molecule has 6 nitrogen and oxygen atoms in total. The molecule has 0 radical (unpaired) electrons. The van der Waals surface area contributed by atoms with Gasteiger partial charge in [0.15, 0.2) is 15.7 Å². The van der Waals surface area contributed by atoms with E-state index in [0.717, 1.165) is 19.5 Å². The average molecular weight is 290 g/mol. The average Bonchev–Trinajstić information content (AvgIpc) is 2.80. The van der Waals surface area contributed by atoms with Crippen molar-refractivity contribution in [3.05, 3.63) is 17.8 Å². The van der Waals surface area contributed by atoms with Crippen molar-refractivity contribution in [3.63, 3.8) is 0 Å². The van der Waals surface area contributed by atoms with E-state index in [1.807, 2.05) is 0 Å². The molecule has 0 bridgehead atoms. The molecule has 0 aromatic carbocycles. The number of hydrogen-bond acceptors (Lipinski definition) is 6. The molecule has 1 aromatic heterocycles. The number of methoxy groups -OCH3 is 1. The Morgan fingerprint density at radius 2 is 2.21 bits per heavy atom. The zero-order valence-electron chi connectivity index (χ0n) is 11.7. The van der Waals surface area contributed by atoms with E-state index < -0.39 is 15.1 Å². The molecule has 0 amide bonds. The molecule has 1 rings (SSSR count). The molecule has 0 fully saturated rings. The maximum absolute atomic E-state index is 11.4. The van der Waals surface area contributed by atoms with Gasteiger partial charge in [-0.2, -0.15) is 0 Å². The minimum absolute atomic E-state index is 0.407. The van der Waals surface area contributed by atoms with Crippen LogP contribution in [-0.2, 0) is 21.0 Å². The summed E-state index contributed by atoms with van der Waals surface area (Å²) < 4.78 is 33.2. The molecule has 1 unspecified atom stereocenters. The summed E-state index contributed by atoms with van der Waals surface area (Å²) in [6, 6.07) is 0. The van der Waals surface area contributed by atoms with Gasteiger partial charge in [-0.05, 0) is 19.9 Å². The van der Waals surface area contributed by atoms with Crippen molar-refractivity contribution in [3.8, 4) is 0 Å². The zero-order chi connectivity index (χ0) is 14.3. The molecular weight excluding hydrogens is 268 g/mol. The molecule has 0 saturated heterocycles. The number of sulfone groups is 1. The van der Waals surface area contributed by atoms with Crippen LogP contribution in [0, 0.1) is 0 Å². The monoisotopic (exact) mass is 290 g/mol.